The van der Waals surface area contributed by atoms with Gasteiger partial charge < -0.3 is 24.7 Å². The molecule has 9 nitrogen and oxygen atoms in total. The highest BCUT2D eigenvalue weighted by Crippen LogP contribution is 2.30. The Morgan fingerprint density at radius 3 is 2.94 bits per heavy atom. The van der Waals surface area contributed by atoms with Crippen LogP contribution in [0.15, 0.2) is 35.6 Å². The number of guanidine groups is 1. The molecule has 0 saturated carbocycles. The second-order valence-electron chi connectivity index (χ2n) is 8.21. The van der Waals surface area contributed by atoms with Gasteiger partial charge in [0.1, 0.15) is 24.9 Å². The van der Waals surface area contributed by atoms with Crippen LogP contribution in [-0.4, -0.2) is 77.1 Å². The summed E-state index contributed by atoms with van der Waals surface area (Å²) in [6, 6.07) is 8.31. The van der Waals surface area contributed by atoms with Crippen molar-refractivity contribution < 1.29 is 9.47 Å². The summed E-state index contributed by atoms with van der Waals surface area (Å²) in [4.78, 5) is 7.42. The number of likely N-dealkylation sites (tertiary alicyclic amines) is 1. The Balaban J connectivity index is 1.34. The minimum Gasteiger partial charge on any atom is -0.486 e. The summed E-state index contributed by atoms with van der Waals surface area (Å²) in [7, 11) is 0. The number of nitrogens with zero attached hydrogens (tertiary/aromatic N) is 5. The molecular weight excluding hydrogens is 406 g/mol. The lowest BCUT2D eigenvalue weighted by Gasteiger charge is -2.27. The number of aliphatic imine (C=N–C) groups is 1. The molecule has 9 heteroatoms. The summed E-state index contributed by atoms with van der Waals surface area (Å²) in [6.07, 6.45) is 5.05. The van der Waals surface area contributed by atoms with Gasteiger partial charge >= 0.3 is 0 Å². The number of para-hydroxylation sites is 2. The van der Waals surface area contributed by atoms with Crippen molar-refractivity contribution in [3.8, 4) is 11.5 Å². The Bertz CT molecular complexity index is 885. The van der Waals surface area contributed by atoms with E-state index in [9.17, 15) is 0 Å². The van der Waals surface area contributed by atoms with Gasteiger partial charge in [-0.1, -0.05) is 26.0 Å². The van der Waals surface area contributed by atoms with E-state index in [1.165, 1.54) is 19.4 Å². The molecule has 4 rings (SSSR count). The average molecular weight is 442 g/mol. The predicted molar refractivity (Wildman–Crippen MR) is 124 cm³/mol. The lowest BCUT2D eigenvalue weighted by molar-refractivity contribution is 0.0936. The third-order valence-electron chi connectivity index (χ3n) is 6.09. The molecule has 2 unspecified atom stereocenters. The van der Waals surface area contributed by atoms with E-state index in [1.807, 2.05) is 24.3 Å². The molecule has 0 bridgehead atoms. The van der Waals surface area contributed by atoms with Gasteiger partial charge in [-0.15, -0.1) is 10.2 Å². The van der Waals surface area contributed by atoms with Crippen molar-refractivity contribution in [2.45, 2.75) is 51.8 Å². The number of rotatable bonds is 9. The second kappa shape index (κ2) is 11.2. The van der Waals surface area contributed by atoms with Crippen LogP contribution in [-0.2, 0) is 13.0 Å². The van der Waals surface area contributed by atoms with Gasteiger partial charge in [-0.2, -0.15) is 0 Å². The molecule has 1 fully saturated rings. The zero-order valence-corrected chi connectivity index (χ0v) is 19.2. The van der Waals surface area contributed by atoms with Gasteiger partial charge in [0.25, 0.3) is 0 Å². The fourth-order valence-electron chi connectivity index (χ4n) is 4.30. The van der Waals surface area contributed by atoms with Gasteiger partial charge in [-0.25, -0.2) is 0 Å². The van der Waals surface area contributed by atoms with Crippen LogP contribution in [0.25, 0.3) is 0 Å². The van der Waals surface area contributed by atoms with E-state index in [2.05, 4.69) is 44.1 Å². The lowest BCUT2D eigenvalue weighted by Crippen LogP contribution is -2.46. The fraction of sp³-hybridized carbons (Fsp3) is 0.609. The normalized spacial score (nSPS) is 21.0. The number of likely N-dealkylation sites (N-methyl/N-ethyl adjacent to an activating group) is 1. The van der Waals surface area contributed by atoms with Gasteiger partial charge in [0.05, 0.1) is 13.1 Å². The van der Waals surface area contributed by atoms with Gasteiger partial charge in [-0.05, 0) is 38.1 Å². The van der Waals surface area contributed by atoms with Crippen LogP contribution >= 0.6 is 0 Å². The Morgan fingerprint density at radius 1 is 1.22 bits per heavy atom. The van der Waals surface area contributed by atoms with E-state index in [-0.39, 0.29) is 6.10 Å². The molecule has 1 aromatic heterocycles. The summed E-state index contributed by atoms with van der Waals surface area (Å²) in [5.74, 6) is 3.40. The van der Waals surface area contributed by atoms with Gasteiger partial charge in [-0.3, -0.25) is 9.89 Å². The maximum absolute atomic E-state index is 6.09. The van der Waals surface area contributed by atoms with Gasteiger partial charge in [0, 0.05) is 25.6 Å². The Kier molecular flexibility index (Phi) is 7.82. The number of aromatic nitrogens is 3. The smallest absolute Gasteiger partial charge is 0.191 e. The van der Waals surface area contributed by atoms with Crippen LogP contribution in [0.1, 0.15) is 32.5 Å². The minimum absolute atomic E-state index is 0.0694. The number of ether oxygens (including phenoxy) is 2. The number of nitrogens with one attached hydrogen (secondary N) is 2. The maximum Gasteiger partial charge on any atom is 0.191 e. The number of hydrogen-bond donors (Lipinski definition) is 2. The largest absolute Gasteiger partial charge is 0.486 e. The molecule has 3 heterocycles. The Hall–Kier alpha value is -2.81. The van der Waals surface area contributed by atoms with Crippen LogP contribution in [0.2, 0.25) is 0 Å². The molecule has 0 amide bonds. The zero-order valence-electron chi connectivity index (χ0n) is 19.2. The van der Waals surface area contributed by atoms with E-state index in [1.54, 1.807) is 6.33 Å². The van der Waals surface area contributed by atoms with Crippen molar-refractivity contribution in [1.29, 1.82) is 0 Å². The molecule has 1 saturated heterocycles. The van der Waals surface area contributed by atoms with Crippen LogP contribution < -0.4 is 20.1 Å². The van der Waals surface area contributed by atoms with Crippen LogP contribution in [0.5, 0.6) is 11.5 Å². The van der Waals surface area contributed by atoms with Crippen molar-refractivity contribution in [2.75, 3.05) is 39.3 Å². The van der Waals surface area contributed by atoms with Crippen molar-refractivity contribution in [3.63, 3.8) is 0 Å². The zero-order chi connectivity index (χ0) is 22.2. The van der Waals surface area contributed by atoms with Gasteiger partial charge in [0.2, 0.25) is 0 Å². The summed E-state index contributed by atoms with van der Waals surface area (Å²) < 4.78 is 14.0. The standard InChI is InChI=1S/C23H35N7O2/c1-3-22-28-27-17-30(22)13-11-24-23(25-14-18-8-7-12-29(18)4-2)26-15-19-16-31-20-9-5-6-10-21(20)32-19/h5-6,9-10,17-19H,3-4,7-8,11-16H2,1-2H3,(H2,24,25,26). The van der Waals surface area contributed by atoms with Crippen LogP contribution in [0, 0.1) is 0 Å². The lowest BCUT2D eigenvalue weighted by atomic mass is 10.2. The molecule has 1 aromatic carbocycles. The molecule has 0 spiro atoms. The summed E-state index contributed by atoms with van der Waals surface area (Å²) >= 11 is 0. The van der Waals surface area contributed by atoms with E-state index < -0.39 is 0 Å². The highest BCUT2D eigenvalue weighted by atomic mass is 16.6. The first-order valence-electron chi connectivity index (χ1n) is 11.8. The first-order chi connectivity index (χ1) is 15.8. The molecule has 2 aromatic rings. The monoisotopic (exact) mass is 441 g/mol. The van der Waals surface area contributed by atoms with E-state index in [4.69, 9.17) is 14.5 Å². The van der Waals surface area contributed by atoms with E-state index in [0.717, 1.165) is 55.9 Å². The fourth-order valence-corrected chi connectivity index (χ4v) is 4.30. The Labute approximate surface area is 190 Å². The van der Waals surface area contributed by atoms with Gasteiger partial charge in [0.15, 0.2) is 17.5 Å². The predicted octanol–water partition coefficient (Wildman–Crippen LogP) is 1.70. The first-order valence-corrected chi connectivity index (χ1v) is 11.8. The molecule has 32 heavy (non-hydrogen) atoms. The third-order valence-corrected chi connectivity index (χ3v) is 6.09. The minimum atomic E-state index is -0.0694. The van der Waals surface area contributed by atoms with Crippen LogP contribution in [0.4, 0.5) is 0 Å². The molecular formula is C23H35N7O2. The average Bonchev–Trinajstić information content (AvgIpc) is 3.49. The molecule has 174 valence electrons. The summed E-state index contributed by atoms with van der Waals surface area (Å²) in [5.41, 5.74) is 0. The molecule has 0 aliphatic carbocycles. The molecule has 2 aliphatic rings. The molecule has 2 atom stereocenters. The molecule has 2 N–H and O–H groups in total. The number of benzene rings is 1. The quantitative estimate of drug-likeness (QED) is 0.452. The highest BCUT2D eigenvalue weighted by Gasteiger charge is 2.23. The van der Waals surface area contributed by atoms with Crippen molar-refractivity contribution in [2.24, 2.45) is 4.99 Å². The van der Waals surface area contributed by atoms with E-state index >= 15 is 0 Å². The van der Waals surface area contributed by atoms with Crippen molar-refractivity contribution in [1.82, 2.24) is 30.3 Å². The first kappa shape index (κ1) is 22.4. The summed E-state index contributed by atoms with van der Waals surface area (Å²) in [5, 5.41) is 15.1. The van der Waals surface area contributed by atoms with Crippen molar-refractivity contribution >= 4 is 5.96 Å². The topological polar surface area (TPSA) is 88.8 Å². The van der Waals surface area contributed by atoms with Crippen molar-refractivity contribution in [3.05, 3.63) is 36.4 Å². The maximum atomic E-state index is 6.09. The number of aryl methyl sites for hydroxylation is 1. The number of fused-ring (bicyclic) bond motifs is 1. The number of hydrogen-bond acceptors (Lipinski definition) is 6. The third kappa shape index (κ3) is 5.70. The SMILES string of the molecule is CCc1nncn1CCNC(=NCC1CCCN1CC)NCC1COc2ccccc2O1. The summed E-state index contributed by atoms with van der Waals surface area (Å²) in [6.45, 7) is 10.0. The molecule has 0 radical (unpaired) electrons. The van der Waals surface area contributed by atoms with Crippen LogP contribution in [0.3, 0.4) is 0 Å². The second-order valence-corrected chi connectivity index (χ2v) is 8.21. The highest BCUT2D eigenvalue weighted by molar-refractivity contribution is 5.79. The van der Waals surface area contributed by atoms with E-state index in [0.29, 0.717) is 19.2 Å². The Morgan fingerprint density at radius 2 is 2.09 bits per heavy atom. The molecule has 2 aliphatic heterocycles.